The van der Waals surface area contributed by atoms with E-state index in [2.05, 4.69) is 5.32 Å². The van der Waals surface area contributed by atoms with E-state index in [0.717, 1.165) is 29.5 Å². The van der Waals surface area contributed by atoms with E-state index in [-0.39, 0.29) is 17.9 Å². The molecule has 2 atom stereocenters. The van der Waals surface area contributed by atoms with Crippen LogP contribution < -0.4 is 5.32 Å². The van der Waals surface area contributed by atoms with Gasteiger partial charge in [-0.15, -0.1) is 0 Å². The van der Waals surface area contributed by atoms with Crippen molar-refractivity contribution in [2.45, 2.75) is 72.0 Å². The molecule has 0 saturated carbocycles. The number of benzene rings is 2. The summed E-state index contributed by atoms with van der Waals surface area (Å²) in [4.78, 5) is 28.1. The highest BCUT2D eigenvalue weighted by atomic mass is 16.2. The first-order valence-electron chi connectivity index (χ1n) is 10.6. The van der Waals surface area contributed by atoms with Crippen molar-refractivity contribution >= 4 is 11.8 Å². The molecule has 2 amide bonds. The highest BCUT2D eigenvalue weighted by Gasteiger charge is 2.30. The van der Waals surface area contributed by atoms with Crippen LogP contribution in [-0.2, 0) is 22.6 Å². The first-order chi connectivity index (χ1) is 14.0. The van der Waals surface area contributed by atoms with Gasteiger partial charge in [0.25, 0.3) is 0 Å². The summed E-state index contributed by atoms with van der Waals surface area (Å²) >= 11 is 0. The lowest BCUT2D eigenvalue weighted by molar-refractivity contribution is -0.141. The Hall–Kier alpha value is -2.62. The predicted molar refractivity (Wildman–Crippen MR) is 118 cm³/mol. The van der Waals surface area contributed by atoms with Crippen LogP contribution in [0, 0.1) is 6.92 Å². The van der Waals surface area contributed by atoms with Crippen LogP contribution in [-0.4, -0.2) is 28.8 Å². The number of carbonyl (C=O) groups excluding carboxylic acids is 2. The fourth-order valence-corrected chi connectivity index (χ4v) is 3.32. The van der Waals surface area contributed by atoms with Crippen LogP contribution in [0.4, 0.5) is 0 Å². The van der Waals surface area contributed by atoms with Crippen LogP contribution in [0.15, 0.2) is 54.6 Å². The number of hydrogen-bond acceptors (Lipinski definition) is 2. The van der Waals surface area contributed by atoms with Gasteiger partial charge in [0.1, 0.15) is 6.04 Å². The van der Waals surface area contributed by atoms with Crippen molar-refractivity contribution in [3.8, 4) is 0 Å². The molecule has 0 aromatic heterocycles. The molecule has 0 fully saturated rings. The van der Waals surface area contributed by atoms with E-state index in [0.29, 0.717) is 19.4 Å². The highest BCUT2D eigenvalue weighted by molar-refractivity contribution is 5.88. The smallest absolute Gasteiger partial charge is 0.243 e. The average Bonchev–Trinajstić information content (AvgIpc) is 2.72. The summed E-state index contributed by atoms with van der Waals surface area (Å²) in [6, 6.07) is 17.5. The van der Waals surface area contributed by atoms with Crippen molar-refractivity contribution in [1.82, 2.24) is 10.2 Å². The number of amides is 2. The second-order valence-corrected chi connectivity index (χ2v) is 7.72. The number of carbonyl (C=O) groups is 2. The van der Waals surface area contributed by atoms with Gasteiger partial charge in [-0.2, -0.15) is 0 Å². The Bertz CT molecular complexity index is 788. The van der Waals surface area contributed by atoms with E-state index in [4.69, 9.17) is 0 Å². The minimum absolute atomic E-state index is 0.0241. The first kappa shape index (κ1) is 22.7. The zero-order valence-electron chi connectivity index (χ0n) is 18.2. The fourth-order valence-electron chi connectivity index (χ4n) is 3.32. The molecule has 2 aromatic carbocycles. The second-order valence-electron chi connectivity index (χ2n) is 7.72. The van der Waals surface area contributed by atoms with Gasteiger partial charge < -0.3 is 10.2 Å². The molecule has 0 aliphatic rings. The Morgan fingerprint density at radius 3 is 2.28 bits per heavy atom. The molecule has 0 heterocycles. The van der Waals surface area contributed by atoms with Gasteiger partial charge >= 0.3 is 0 Å². The zero-order valence-corrected chi connectivity index (χ0v) is 18.2. The van der Waals surface area contributed by atoms with Crippen molar-refractivity contribution in [2.24, 2.45) is 0 Å². The molecule has 0 radical (unpaired) electrons. The summed E-state index contributed by atoms with van der Waals surface area (Å²) in [7, 11) is 0. The molecule has 4 nitrogen and oxygen atoms in total. The summed E-state index contributed by atoms with van der Waals surface area (Å²) in [5.74, 6) is -0.0581. The lowest BCUT2D eigenvalue weighted by atomic mass is 10.0. The monoisotopic (exact) mass is 394 g/mol. The molecule has 4 heteroatoms. The van der Waals surface area contributed by atoms with Crippen LogP contribution in [0.2, 0.25) is 0 Å². The maximum Gasteiger partial charge on any atom is 0.243 e. The number of nitrogens with one attached hydrogen (secondary N) is 1. The van der Waals surface area contributed by atoms with Crippen LogP contribution in [0.1, 0.15) is 56.7 Å². The van der Waals surface area contributed by atoms with Gasteiger partial charge in [0.05, 0.1) is 0 Å². The molecule has 29 heavy (non-hydrogen) atoms. The van der Waals surface area contributed by atoms with Crippen LogP contribution in [0.25, 0.3) is 0 Å². The van der Waals surface area contributed by atoms with Crippen molar-refractivity contribution < 1.29 is 9.59 Å². The third-order valence-corrected chi connectivity index (χ3v) is 5.34. The van der Waals surface area contributed by atoms with Gasteiger partial charge in [-0.3, -0.25) is 9.59 Å². The van der Waals surface area contributed by atoms with Gasteiger partial charge in [-0.05, 0) is 43.4 Å². The molecule has 0 bridgehead atoms. The summed E-state index contributed by atoms with van der Waals surface area (Å²) in [5, 5.41) is 3.09. The third-order valence-electron chi connectivity index (χ3n) is 5.34. The standard InChI is InChI=1S/C25H34N2O2/c1-5-12-24(28)27(18-22-16-11-10-13-19(22)3)23(25(29)26-20(4)6-2)17-21-14-8-7-9-15-21/h7-11,13-16,20,23H,5-6,12,17-18H2,1-4H3,(H,26,29)/t20-,23+/m1/s1. The van der Waals surface area contributed by atoms with E-state index in [1.54, 1.807) is 4.90 Å². The molecular formula is C25H34N2O2. The number of aryl methyl sites for hydroxylation is 1. The Kier molecular flexibility index (Phi) is 8.91. The third kappa shape index (κ3) is 6.74. The molecular weight excluding hydrogens is 360 g/mol. The lowest BCUT2D eigenvalue weighted by Crippen LogP contribution is -2.52. The van der Waals surface area contributed by atoms with E-state index in [1.165, 1.54) is 0 Å². The largest absolute Gasteiger partial charge is 0.352 e. The molecule has 0 unspecified atom stereocenters. The van der Waals surface area contributed by atoms with E-state index in [1.807, 2.05) is 82.3 Å². The van der Waals surface area contributed by atoms with E-state index < -0.39 is 6.04 Å². The van der Waals surface area contributed by atoms with Crippen molar-refractivity contribution in [2.75, 3.05) is 0 Å². The normalized spacial score (nSPS) is 12.8. The molecule has 0 aliphatic carbocycles. The van der Waals surface area contributed by atoms with E-state index in [9.17, 15) is 9.59 Å². The van der Waals surface area contributed by atoms with Gasteiger partial charge in [-0.1, -0.05) is 68.4 Å². The zero-order chi connectivity index (χ0) is 21.2. The number of nitrogens with zero attached hydrogens (tertiary/aromatic N) is 1. The van der Waals surface area contributed by atoms with Crippen molar-refractivity contribution in [3.05, 3.63) is 71.3 Å². The number of rotatable bonds is 10. The Morgan fingerprint density at radius 2 is 1.66 bits per heavy atom. The van der Waals surface area contributed by atoms with Crippen molar-refractivity contribution in [1.29, 1.82) is 0 Å². The SMILES string of the molecule is CCCC(=O)N(Cc1ccccc1C)[C@@H](Cc1ccccc1)C(=O)N[C@H](C)CC. The van der Waals surface area contributed by atoms with Gasteiger partial charge in [-0.25, -0.2) is 0 Å². The number of hydrogen-bond donors (Lipinski definition) is 1. The first-order valence-corrected chi connectivity index (χ1v) is 10.6. The van der Waals surface area contributed by atoms with Crippen LogP contribution in [0.3, 0.4) is 0 Å². The van der Waals surface area contributed by atoms with Crippen LogP contribution in [0.5, 0.6) is 0 Å². The van der Waals surface area contributed by atoms with E-state index >= 15 is 0 Å². The Balaban J connectivity index is 2.39. The predicted octanol–water partition coefficient (Wildman–Crippen LogP) is 4.65. The Morgan fingerprint density at radius 1 is 1.00 bits per heavy atom. The quantitative estimate of drug-likeness (QED) is 0.638. The summed E-state index contributed by atoms with van der Waals surface area (Å²) < 4.78 is 0. The lowest BCUT2D eigenvalue weighted by Gasteiger charge is -2.32. The summed E-state index contributed by atoms with van der Waals surface area (Å²) in [6.07, 6.45) is 2.55. The average molecular weight is 395 g/mol. The fraction of sp³-hybridized carbons (Fsp3) is 0.440. The second kappa shape index (κ2) is 11.4. The summed E-state index contributed by atoms with van der Waals surface area (Å²) in [5.41, 5.74) is 3.25. The van der Waals surface area contributed by atoms with Gasteiger partial charge in [0, 0.05) is 25.4 Å². The molecule has 156 valence electrons. The van der Waals surface area contributed by atoms with Crippen molar-refractivity contribution in [3.63, 3.8) is 0 Å². The molecule has 2 rings (SSSR count). The molecule has 2 aromatic rings. The van der Waals surface area contributed by atoms with Gasteiger partial charge in [0.15, 0.2) is 0 Å². The highest BCUT2D eigenvalue weighted by Crippen LogP contribution is 2.18. The van der Waals surface area contributed by atoms with Gasteiger partial charge in [0.2, 0.25) is 11.8 Å². The maximum atomic E-state index is 13.2. The molecule has 0 spiro atoms. The Labute approximate surface area is 175 Å². The molecule has 0 aliphatic heterocycles. The maximum absolute atomic E-state index is 13.2. The topological polar surface area (TPSA) is 49.4 Å². The molecule has 0 saturated heterocycles. The molecule has 1 N–H and O–H groups in total. The minimum Gasteiger partial charge on any atom is -0.352 e. The minimum atomic E-state index is -0.537. The van der Waals surface area contributed by atoms with Crippen LogP contribution >= 0.6 is 0 Å². The summed E-state index contributed by atoms with van der Waals surface area (Å²) in [6.45, 7) is 8.52.